The van der Waals surface area contributed by atoms with Crippen LogP contribution in [0.25, 0.3) is 0 Å². The Morgan fingerprint density at radius 1 is 1.27 bits per heavy atom. The van der Waals surface area contributed by atoms with Gasteiger partial charge in [0.2, 0.25) is 11.8 Å². The molecule has 0 bridgehead atoms. The number of hydrogen-bond acceptors (Lipinski definition) is 5. The Bertz CT molecular complexity index is 1030. The van der Waals surface area contributed by atoms with Crippen LogP contribution in [0, 0.1) is 0 Å². The Balaban J connectivity index is 1.37. The molecule has 2 aromatic rings. The highest BCUT2D eigenvalue weighted by atomic mass is 16.2. The smallest absolute Gasteiger partial charge is 0.320 e. The lowest BCUT2D eigenvalue weighted by atomic mass is 10.0. The Labute approximate surface area is 172 Å². The molecule has 4 rings (SSSR count). The third-order valence-electron chi connectivity index (χ3n) is 5.25. The van der Waals surface area contributed by atoms with Crippen molar-refractivity contribution in [2.24, 2.45) is 0 Å². The molecular formula is C20H22N6O4. The lowest BCUT2D eigenvalue weighted by Crippen LogP contribution is -2.52. The van der Waals surface area contributed by atoms with Crippen LogP contribution in [0.5, 0.6) is 0 Å². The number of nitrogens with zero attached hydrogens (tertiary/aromatic N) is 3. The Kier molecular flexibility index (Phi) is 5.21. The maximum Gasteiger partial charge on any atom is 0.320 e. The van der Waals surface area contributed by atoms with Crippen molar-refractivity contribution < 1.29 is 19.2 Å². The number of imide groups is 1. The highest BCUT2D eigenvalue weighted by molar-refractivity contribution is 6.05. The Morgan fingerprint density at radius 3 is 2.83 bits per heavy atom. The molecule has 1 unspecified atom stereocenters. The van der Waals surface area contributed by atoms with Crippen molar-refractivity contribution in [2.45, 2.75) is 45.4 Å². The van der Waals surface area contributed by atoms with Crippen LogP contribution < -0.4 is 16.0 Å². The second-order valence-corrected chi connectivity index (χ2v) is 7.26. The van der Waals surface area contributed by atoms with Gasteiger partial charge in [-0.1, -0.05) is 12.1 Å². The van der Waals surface area contributed by atoms with Crippen LogP contribution >= 0.6 is 0 Å². The van der Waals surface area contributed by atoms with Crippen molar-refractivity contribution in [2.75, 3.05) is 5.32 Å². The van der Waals surface area contributed by atoms with E-state index in [0.29, 0.717) is 30.9 Å². The molecule has 10 nitrogen and oxygen atoms in total. The summed E-state index contributed by atoms with van der Waals surface area (Å²) >= 11 is 0. The minimum atomic E-state index is -0.641. The van der Waals surface area contributed by atoms with Gasteiger partial charge in [-0.2, -0.15) is 5.10 Å². The molecule has 0 aliphatic carbocycles. The van der Waals surface area contributed by atoms with E-state index in [1.165, 1.54) is 4.90 Å². The fourth-order valence-electron chi connectivity index (χ4n) is 3.66. The number of aromatic nitrogens is 2. The summed E-state index contributed by atoms with van der Waals surface area (Å²) in [7, 11) is 0. The third kappa shape index (κ3) is 3.88. The molecule has 3 heterocycles. The van der Waals surface area contributed by atoms with Gasteiger partial charge in [-0.25, -0.2) is 4.79 Å². The molecule has 1 saturated heterocycles. The lowest BCUT2D eigenvalue weighted by molar-refractivity contribution is -0.136. The van der Waals surface area contributed by atoms with E-state index >= 15 is 0 Å². The van der Waals surface area contributed by atoms with Gasteiger partial charge < -0.3 is 10.2 Å². The maximum absolute atomic E-state index is 12.8. The van der Waals surface area contributed by atoms with Gasteiger partial charge in [0.25, 0.3) is 5.91 Å². The minimum absolute atomic E-state index is 0.220. The average molecular weight is 410 g/mol. The van der Waals surface area contributed by atoms with Gasteiger partial charge in [0.1, 0.15) is 6.04 Å². The second-order valence-electron chi connectivity index (χ2n) is 7.26. The van der Waals surface area contributed by atoms with Crippen molar-refractivity contribution >= 4 is 29.6 Å². The summed E-state index contributed by atoms with van der Waals surface area (Å²) in [5.41, 5.74) is 2.10. The minimum Gasteiger partial charge on any atom is -0.334 e. The molecule has 1 aromatic carbocycles. The van der Waals surface area contributed by atoms with Crippen molar-refractivity contribution in [3.63, 3.8) is 0 Å². The Morgan fingerprint density at radius 2 is 2.10 bits per heavy atom. The van der Waals surface area contributed by atoms with Crippen LogP contribution in [0.1, 0.15) is 41.3 Å². The summed E-state index contributed by atoms with van der Waals surface area (Å²) in [6, 6.07) is 6.07. The number of benzene rings is 1. The predicted molar refractivity (Wildman–Crippen MR) is 106 cm³/mol. The molecule has 1 aromatic heterocycles. The summed E-state index contributed by atoms with van der Waals surface area (Å²) in [6.45, 7) is 3.23. The van der Waals surface area contributed by atoms with E-state index in [4.69, 9.17) is 0 Å². The topological polar surface area (TPSA) is 125 Å². The van der Waals surface area contributed by atoms with Crippen molar-refractivity contribution in [1.82, 2.24) is 25.3 Å². The van der Waals surface area contributed by atoms with Gasteiger partial charge in [0.05, 0.1) is 0 Å². The van der Waals surface area contributed by atoms with Crippen molar-refractivity contribution in [3.05, 3.63) is 47.2 Å². The lowest BCUT2D eigenvalue weighted by Gasteiger charge is -2.29. The van der Waals surface area contributed by atoms with E-state index in [9.17, 15) is 19.2 Å². The standard InChI is InChI=1S/C20H22N6O4/c1-2-25-8-7-16(24-25)22-20(30)21-10-12-3-4-13-11-26(19(29)14(13)9-12)15-5-6-17(27)23-18(15)28/h3-4,7-9,15H,2,5-6,10-11H2,1H3,(H,23,27,28)(H2,21,22,24,30). The fourth-order valence-corrected chi connectivity index (χ4v) is 3.66. The number of rotatable bonds is 5. The van der Waals surface area contributed by atoms with Gasteiger partial charge >= 0.3 is 6.03 Å². The maximum atomic E-state index is 12.8. The van der Waals surface area contributed by atoms with Crippen molar-refractivity contribution in [3.8, 4) is 0 Å². The van der Waals surface area contributed by atoms with Crippen LogP contribution in [-0.2, 0) is 29.2 Å². The number of nitrogens with one attached hydrogen (secondary N) is 3. The molecule has 0 saturated carbocycles. The molecule has 1 atom stereocenters. The van der Waals surface area contributed by atoms with Crippen molar-refractivity contribution in [1.29, 1.82) is 0 Å². The summed E-state index contributed by atoms with van der Waals surface area (Å²) < 4.78 is 1.70. The summed E-state index contributed by atoms with van der Waals surface area (Å²) in [5, 5.41) is 11.9. The number of piperidine rings is 1. The predicted octanol–water partition coefficient (Wildman–Crippen LogP) is 0.986. The molecule has 1 fully saturated rings. The number of aryl methyl sites for hydroxylation is 1. The van der Waals surface area contributed by atoms with Crippen LogP contribution in [0.15, 0.2) is 30.5 Å². The molecule has 0 radical (unpaired) electrons. The fraction of sp³-hybridized carbons (Fsp3) is 0.350. The van der Waals surface area contributed by atoms with Gasteiger partial charge in [-0.05, 0) is 30.5 Å². The normalized spacial score (nSPS) is 18.2. The van der Waals surface area contributed by atoms with E-state index in [0.717, 1.165) is 11.1 Å². The third-order valence-corrected chi connectivity index (χ3v) is 5.25. The van der Waals surface area contributed by atoms with Crippen LogP contribution in [0.3, 0.4) is 0 Å². The molecule has 2 aliphatic rings. The van der Waals surface area contributed by atoms with Gasteiger partial charge in [0.15, 0.2) is 5.82 Å². The first kappa shape index (κ1) is 19.6. The zero-order valence-electron chi connectivity index (χ0n) is 16.5. The van der Waals surface area contributed by atoms with E-state index in [1.807, 2.05) is 19.1 Å². The van der Waals surface area contributed by atoms with Gasteiger partial charge in [0, 0.05) is 43.9 Å². The highest BCUT2D eigenvalue weighted by Crippen LogP contribution is 2.28. The molecule has 5 amide bonds. The number of anilines is 1. The zero-order valence-corrected chi connectivity index (χ0v) is 16.5. The van der Waals surface area contributed by atoms with Crippen LogP contribution in [0.4, 0.5) is 10.6 Å². The molecule has 30 heavy (non-hydrogen) atoms. The quantitative estimate of drug-likeness (QED) is 0.634. The van der Waals surface area contributed by atoms with Crippen LogP contribution in [0.2, 0.25) is 0 Å². The first-order chi connectivity index (χ1) is 14.4. The largest absolute Gasteiger partial charge is 0.334 e. The molecule has 2 aliphatic heterocycles. The average Bonchev–Trinajstić information content (AvgIpc) is 3.31. The summed E-state index contributed by atoms with van der Waals surface area (Å²) in [6.07, 6.45) is 2.32. The number of fused-ring (bicyclic) bond motifs is 1. The molecular weight excluding hydrogens is 388 g/mol. The molecule has 0 spiro atoms. The highest BCUT2D eigenvalue weighted by Gasteiger charge is 2.39. The Hall–Kier alpha value is -3.69. The first-order valence-corrected chi connectivity index (χ1v) is 9.79. The summed E-state index contributed by atoms with van der Waals surface area (Å²) in [5.74, 6) is -0.528. The summed E-state index contributed by atoms with van der Waals surface area (Å²) in [4.78, 5) is 49.9. The number of hydrogen-bond donors (Lipinski definition) is 3. The monoisotopic (exact) mass is 410 g/mol. The number of carbonyl (C=O) groups excluding carboxylic acids is 4. The SMILES string of the molecule is CCn1ccc(NC(=O)NCc2ccc3c(c2)C(=O)N(C2CCC(=O)NC2=O)C3)n1. The number of carbonyl (C=O) groups is 4. The van der Waals surface area contributed by atoms with Gasteiger partial charge in [-0.3, -0.25) is 29.7 Å². The molecule has 10 heteroatoms. The molecule has 156 valence electrons. The van der Waals surface area contributed by atoms with Crippen LogP contribution in [-0.4, -0.2) is 44.5 Å². The van der Waals surface area contributed by atoms with Gasteiger partial charge in [-0.15, -0.1) is 0 Å². The van der Waals surface area contributed by atoms with E-state index in [1.54, 1.807) is 23.0 Å². The first-order valence-electron chi connectivity index (χ1n) is 9.79. The zero-order chi connectivity index (χ0) is 21.3. The number of urea groups is 1. The number of amides is 5. The molecule has 3 N–H and O–H groups in total. The van der Waals surface area contributed by atoms with E-state index in [2.05, 4.69) is 21.0 Å². The second kappa shape index (κ2) is 7.97. The van der Waals surface area contributed by atoms with E-state index in [-0.39, 0.29) is 24.8 Å². The van der Waals surface area contributed by atoms with E-state index < -0.39 is 18.0 Å².